The summed E-state index contributed by atoms with van der Waals surface area (Å²) in [5.41, 5.74) is 2.28. The van der Waals surface area contributed by atoms with Gasteiger partial charge < -0.3 is 4.74 Å². The summed E-state index contributed by atoms with van der Waals surface area (Å²) >= 11 is 3.58. The molecule has 0 aliphatic rings. The van der Waals surface area contributed by atoms with Gasteiger partial charge in [-0.15, -0.1) is 0 Å². The van der Waals surface area contributed by atoms with Gasteiger partial charge >= 0.3 is 0 Å². The topological polar surface area (TPSA) is 25.4 Å². The van der Waals surface area contributed by atoms with E-state index in [0.29, 0.717) is 0 Å². The number of pyridine rings is 1. The molecule has 0 bridgehead atoms. The summed E-state index contributed by atoms with van der Waals surface area (Å²) in [7, 11) is 3.77. The van der Waals surface area contributed by atoms with E-state index in [1.165, 1.54) is 5.56 Å². The van der Waals surface area contributed by atoms with Crippen LogP contribution < -0.4 is 4.74 Å². The predicted molar refractivity (Wildman–Crippen MR) is 80.1 cm³/mol. The van der Waals surface area contributed by atoms with Gasteiger partial charge in [-0.2, -0.15) is 0 Å². The molecule has 0 amide bonds. The summed E-state index contributed by atoms with van der Waals surface area (Å²) in [6.45, 7) is 1.67. The Balaban J connectivity index is 2.04. The number of halogens is 1. The van der Waals surface area contributed by atoms with Crippen molar-refractivity contribution >= 4 is 15.9 Å². The lowest BCUT2D eigenvalue weighted by molar-refractivity contribution is 0.313. The van der Waals surface area contributed by atoms with Gasteiger partial charge in [-0.05, 0) is 42.9 Å². The first kappa shape index (κ1) is 14.0. The van der Waals surface area contributed by atoms with E-state index >= 15 is 0 Å². The highest BCUT2D eigenvalue weighted by Crippen LogP contribution is 2.23. The van der Waals surface area contributed by atoms with Crippen LogP contribution in [0.2, 0.25) is 0 Å². The molecule has 0 saturated carbocycles. The smallest absolute Gasteiger partial charge is 0.119 e. The predicted octanol–water partition coefficient (Wildman–Crippen LogP) is 3.48. The maximum Gasteiger partial charge on any atom is 0.119 e. The summed E-state index contributed by atoms with van der Waals surface area (Å²) in [6.07, 6.45) is 1.82. The highest BCUT2D eigenvalue weighted by Gasteiger charge is 2.07. The van der Waals surface area contributed by atoms with E-state index in [0.717, 1.165) is 29.0 Å². The number of hydrogen-bond donors (Lipinski definition) is 0. The fourth-order valence-electron chi connectivity index (χ4n) is 1.91. The molecule has 100 valence electrons. The van der Waals surface area contributed by atoms with Gasteiger partial charge in [-0.3, -0.25) is 9.88 Å². The van der Waals surface area contributed by atoms with E-state index in [1.807, 2.05) is 36.5 Å². The van der Waals surface area contributed by atoms with Crippen LogP contribution in [-0.4, -0.2) is 24.0 Å². The average Bonchev–Trinajstić information content (AvgIpc) is 2.42. The third kappa shape index (κ3) is 4.04. The molecular formula is C15H17BrN2O. The first-order chi connectivity index (χ1) is 9.19. The number of rotatable bonds is 5. The van der Waals surface area contributed by atoms with E-state index in [2.05, 4.69) is 38.9 Å². The maximum absolute atomic E-state index is 5.26. The van der Waals surface area contributed by atoms with Crippen LogP contribution in [-0.2, 0) is 13.1 Å². The van der Waals surface area contributed by atoms with Crippen LogP contribution in [0.3, 0.4) is 0 Å². The minimum atomic E-state index is 0.824. The zero-order chi connectivity index (χ0) is 13.7. The van der Waals surface area contributed by atoms with Crippen molar-refractivity contribution in [1.29, 1.82) is 0 Å². The van der Waals surface area contributed by atoms with Crippen molar-refractivity contribution in [3.8, 4) is 5.75 Å². The van der Waals surface area contributed by atoms with Gasteiger partial charge in [-0.25, -0.2) is 0 Å². The van der Waals surface area contributed by atoms with Crippen molar-refractivity contribution in [2.45, 2.75) is 13.1 Å². The van der Waals surface area contributed by atoms with Gasteiger partial charge in [0, 0.05) is 23.8 Å². The fraction of sp³-hybridized carbons (Fsp3) is 0.267. The molecule has 2 aromatic rings. The molecule has 0 spiro atoms. The lowest BCUT2D eigenvalue weighted by Crippen LogP contribution is -2.18. The Kier molecular flexibility index (Phi) is 4.93. The second-order valence-electron chi connectivity index (χ2n) is 4.45. The average molecular weight is 321 g/mol. The minimum Gasteiger partial charge on any atom is -0.497 e. The van der Waals surface area contributed by atoms with Crippen LogP contribution in [0.4, 0.5) is 0 Å². The summed E-state index contributed by atoms with van der Waals surface area (Å²) in [5.74, 6) is 0.879. The summed E-state index contributed by atoms with van der Waals surface area (Å²) < 4.78 is 6.36. The Labute approximate surface area is 122 Å². The standard InChI is InChI=1S/C15H17BrN2O/c1-18(11-13-5-3-4-8-17-13)10-12-9-14(19-2)6-7-15(12)16/h3-9H,10-11H2,1-2H3. The van der Waals surface area contributed by atoms with Gasteiger partial charge in [0.15, 0.2) is 0 Å². The van der Waals surface area contributed by atoms with Gasteiger partial charge in [0.25, 0.3) is 0 Å². The van der Waals surface area contributed by atoms with Crippen LogP contribution in [0, 0.1) is 0 Å². The Morgan fingerprint density at radius 3 is 2.74 bits per heavy atom. The largest absolute Gasteiger partial charge is 0.497 e. The Bertz CT molecular complexity index is 531. The quantitative estimate of drug-likeness (QED) is 0.843. The molecule has 0 atom stereocenters. The van der Waals surface area contributed by atoms with Crippen molar-refractivity contribution in [3.63, 3.8) is 0 Å². The Morgan fingerprint density at radius 2 is 2.05 bits per heavy atom. The van der Waals surface area contributed by atoms with Crippen LogP contribution in [0.5, 0.6) is 5.75 Å². The van der Waals surface area contributed by atoms with Gasteiger partial charge in [0.2, 0.25) is 0 Å². The highest BCUT2D eigenvalue weighted by atomic mass is 79.9. The fourth-order valence-corrected chi connectivity index (χ4v) is 2.29. The summed E-state index contributed by atoms with van der Waals surface area (Å²) in [4.78, 5) is 6.56. The molecule has 0 fully saturated rings. The molecule has 0 aliphatic heterocycles. The highest BCUT2D eigenvalue weighted by molar-refractivity contribution is 9.10. The van der Waals surface area contributed by atoms with Crippen molar-refractivity contribution in [1.82, 2.24) is 9.88 Å². The molecule has 3 nitrogen and oxygen atoms in total. The van der Waals surface area contributed by atoms with Crippen molar-refractivity contribution in [2.75, 3.05) is 14.2 Å². The minimum absolute atomic E-state index is 0.824. The second kappa shape index (κ2) is 6.68. The lowest BCUT2D eigenvalue weighted by atomic mass is 10.2. The number of nitrogens with zero attached hydrogens (tertiary/aromatic N) is 2. The molecule has 0 unspecified atom stereocenters. The van der Waals surface area contributed by atoms with Crippen LogP contribution >= 0.6 is 15.9 Å². The lowest BCUT2D eigenvalue weighted by Gasteiger charge is -2.17. The first-order valence-corrected chi connectivity index (χ1v) is 6.89. The van der Waals surface area contributed by atoms with E-state index in [-0.39, 0.29) is 0 Å². The zero-order valence-electron chi connectivity index (χ0n) is 11.1. The number of ether oxygens (including phenoxy) is 1. The molecule has 0 saturated heterocycles. The number of hydrogen-bond acceptors (Lipinski definition) is 3. The number of benzene rings is 1. The molecule has 2 rings (SSSR count). The number of aromatic nitrogens is 1. The molecule has 1 aromatic carbocycles. The normalized spacial score (nSPS) is 10.7. The maximum atomic E-state index is 5.26. The summed E-state index contributed by atoms with van der Waals surface area (Å²) in [6, 6.07) is 12.0. The van der Waals surface area contributed by atoms with Crippen molar-refractivity contribution in [2.24, 2.45) is 0 Å². The van der Waals surface area contributed by atoms with Gasteiger partial charge in [-0.1, -0.05) is 22.0 Å². The van der Waals surface area contributed by atoms with Crippen molar-refractivity contribution in [3.05, 3.63) is 58.3 Å². The third-order valence-corrected chi connectivity index (χ3v) is 3.62. The van der Waals surface area contributed by atoms with Crippen LogP contribution in [0.1, 0.15) is 11.3 Å². The number of methoxy groups -OCH3 is 1. The molecule has 0 radical (unpaired) electrons. The first-order valence-electron chi connectivity index (χ1n) is 6.10. The third-order valence-electron chi connectivity index (χ3n) is 2.85. The Morgan fingerprint density at radius 1 is 1.21 bits per heavy atom. The Hall–Kier alpha value is -1.39. The van der Waals surface area contributed by atoms with E-state index in [1.54, 1.807) is 7.11 Å². The molecule has 4 heteroatoms. The summed E-state index contributed by atoms with van der Waals surface area (Å²) in [5, 5.41) is 0. The SMILES string of the molecule is COc1ccc(Br)c(CN(C)Cc2ccccn2)c1. The molecular weight excluding hydrogens is 304 g/mol. The molecule has 0 N–H and O–H groups in total. The van der Waals surface area contributed by atoms with Crippen LogP contribution in [0.25, 0.3) is 0 Å². The van der Waals surface area contributed by atoms with Gasteiger partial charge in [0.05, 0.1) is 12.8 Å². The van der Waals surface area contributed by atoms with E-state index in [9.17, 15) is 0 Å². The van der Waals surface area contributed by atoms with Crippen LogP contribution in [0.15, 0.2) is 47.1 Å². The second-order valence-corrected chi connectivity index (χ2v) is 5.31. The van der Waals surface area contributed by atoms with E-state index in [4.69, 9.17) is 4.74 Å². The molecule has 19 heavy (non-hydrogen) atoms. The van der Waals surface area contributed by atoms with Gasteiger partial charge in [0.1, 0.15) is 5.75 Å². The van der Waals surface area contributed by atoms with Crippen molar-refractivity contribution < 1.29 is 4.74 Å². The van der Waals surface area contributed by atoms with E-state index < -0.39 is 0 Å². The zero-order valence-corrected chi connectivity index (χ0v) is 12.7. The molecule has 1 heterocycles. The molecule has 0 aliphatic carbocycles. The molecule has 1 aromatic heterocycles. The monoisotopic (exact) mass is 320 g/mol.